The van der Waals surface area contributed by atoms with Crippen molar-refractivity contribution in [3.63, 3.8) is 0 Å². The SMILES string of the molecule is CCCCNC(=O)N(Cc1ccc(F)cc1)Cc1ccc(C)o1. The van der Waals surface area contributed by atoms with Gasteiger partial charge in [0.2, 0.25) is 0 Å². The van der Waals surface area contributed by atoms with E-state index in [1.165, 1.54) is 12.1 Å². The number of rotatable bonds is 7. The van der Waals surface area contributed by atoms with Crippen molar-refractivity contribution in [2.45, 2.75) is 39.8 Å². The zero-order valence-corrected chi connectivity index (χ0v) is 13.6. The highest BCUT2D eigenvalue weighted by Crippen LogP contribution is 2.13. The van der Waals surface area contributed by atoms with Crippen molar-refractivity contribution in [3.8, 4) is 0 Å². The summed E-state index contributed by atoms with van der Waals surface area (Å²) < 4.78 is 18.6. The van der Waals surface area contributed by atoms with E-state index in [0.29, 0.717) is 19.6 Å². The van der Waals surface area contributed by atoms with Crippen molar-refractivity contribution >= 4 is 6.03 Å². The number of benzene rings is 1. The molecule has 0 spiro atoms. The Labute approximate surface area is 136 Å². The maximum absolute atomic E-state index is 13.0. The van der Waals surface area contributed by atoms with Gasteiger partial charge >= 0.3 is 6.03 Å². The van der Waals surface area contributed by atoms with E-state index in [1.807, 2.05) is 19.1 Å². The Morgan fingerprint density at radius 3 is 2.52 bits per heavy atom. The number of furan rings is 1. The van der Waals surface area contributed by atoms with Crippen molar-refractivity contribution in [2.75, 3.05) is 6.54 Å². The molecule has 0 aliphatic heterocycles. The first-order valence-corrected chi connectivity index (χ1v) is 7.91. The molecule has 124 valence electrons. The zero-order chi connectivity index (χ0) is 16.7. The lowest BCUT2D eigenvalue weighted by atomic mass is 10.2. The predicted octanol–water partition coefficient (Wildman–Crippen LogP) is 4.24. The summed E-state index contributed by atoms with van der Waals surface area (Å²) in [6.07, 6.45) is 1.96. The molecule has 2 amide bonds. The van der Waals surface area contributed by atoms with Crippen LogP contribution >= 0.6 is 0 Å². The number of carbonyl (C=O) groups excluding carboxylic acids is 1. The summed E-state index contributed by atoms with van der Waals surface area (Å²) in [7, 11) is 0. The summed E-state index contributed by atoms with van der Waals surface area (Å²) in [6, 6.07) is 9.78. The van der Waals surface area contributed by atoms with E-state index < -0.39 is 0 Å². The lowest BCUT2D eigenvalue weighted by Gasteiger charge is -2.22. The first kappa shape index (κ1) is 17.1. The van der Waals surface area contributed by atoms with E-state index in [4.69, 9.17) is 4.42 Å². The standard InChI is InChI=1S/C18H23FN2O2/c1-3-4-11-20-18(22)21(13-17-10-5-14(2)23-17)12-15-6-8-16(19)9-7-15/h5-10H,3-4,11-13H2,1-2H3,(H,20,22). The van der Waals surface area contributed by atoms with Crippen LogP contribution in [-0.2, 0) is 13.1 Å². The number of hydrogen-bond donors (Lipinski definition) is 1. The quantitative estimate of drug-likeness (QED) is 0.776. The number of carbonyl (C=O) groups is 1. The molecule has 1 N–H and O–H groups in total. The van der Waals surface area contributed by atoms with Gasteiger partial charge in [-0.15, -0.1) is 0 Å². The molecule has 0 saturated heterocycles. The Morgan fingerprint density at radius 2 is 1.91 bits per heavy atom. The van der Waals surface area contributed by atoms with Crippen LogP contribution in [0, 0.1) is 12.7 Å². The molecule has 1 aromatic carbocycles. The van der Waals surface area contributed by atoms with Gasteiger partial charge in [-0.05, 0) is 43.2 Å². The highest BCUT2D eigenvalue weighted by molar-refractivity contribution is 5.74. The predicted molar refractivity (Wildman–Crippen MR) is 87.4 cm³/mol. The molecule has 5 heteroatoms. The Kier molecular flexibility index (Phi) is 6.20. The molecule has 2 rings (SSSR count). The van der Waals surface area contributed by atoms with E-state index in [1.54, 1.807) is 17.0 Å². The third kappa shape index (κ3) is 5.43. The largest absolute Gasteiger partial charge is 0.464 e. The average molecular weight is 318 g/mol. The number of aryl methyl sites for hydroxylation is 1. The lowest BCUT2D eigenvalue weighted by Crippen LogP contribution is -2.39. The topological polar surface area (TPSA) is 45.5 Å². The van der Waals surface area contributed by atoms with Crippen molar-refractivity contribution in [2.24, 2.45) is 0 Å². The van der Waals surface area contributed by atoms with Gasteiger partial charge in [-0.2, -0.15) is 0 Å². The highest BCUT2D eigenvalue weighted by Gasteiger charge is 2.16. The minimum Gasteiger partial charge on any atom is -0.464 e. The Bertz CT molecular complexity index is 622. The summed E-state index contributed by atoms with van der Waals surface area (Å²) in [5.41, 5.74) is 0.875. The minimum atomic E-state index is -0.283. The van der Waals surface area contributed by atoms with Gasteiger partial charge in [-0.1, -0.05) is 25.5 Å². The number of urea groups is 1. The van der Waals surface area contributed by atoms with Gasteiger partial charge in [0.05, 0.1) is 6.54 Å². The van der Waals surface area contributed by atoms with Crippen LogP contribution < -0.4 is 5.32 Å². The number of unbranched alkanes of at least 4 members (excludes halogenated alkanes) is 1. The van der Waals surface area contributed by atoms with Crippen LogP contribution in [0.5, 0.6) is 0 Å². The first-order chi connectivity index (χ1) is 11.1. The number of amides is 2. The highest BCUT2D eigenvalue weighted by atomic mass is 19.1. The molecule has 0 bridgehead atoms. The summed E-state index contributed by atoms with van der Waals surface area (Å²) >= 11 is 0. The molecule has 0 atom stereocenters. The second-order valence-corrected chi connectivity index (χ2v) is 5.58. The molecular formula is C18H23FN2O2. The molecule has 0 saturated carbocycles. The van der Waals surface area contributed by atoms with E-state index in [0.717, 1.165) is 29.9 Å². The molecule has 23 heavy (non-hydrogen) atoms. The van der Waals surface area contributed by atoms with Gasteiger partial charge in [0, 0.05) is 13.1 Å². The minimum absolute atomic E-state index is 0.142. The van der Waals surface area contributed by atoms with Crippen molar-refractivity contribution in [3.05, 3.63) is 59.3 Å². The number of halogens is 1. The fraction of sp³-hybridized carbons (Fsp3) is 0.389. The van der Waals surface area contributed by atoms with Gasteiger partial charge in [-0.3, -0.25) is 0 Å². The van der Waals surface area contributed by atoms with Crippen molar-refractivity contribution in [1.29, 1.82) is 0 Å². The number of nitrogens with one attached hydrogen (secondary N) is 1. The maximum Gasteiger partial charge on any atom is 0.318 e. The Hall–Kier alpha value is -2.30. The van der Waals surface area contributed by atoms with Gasteiger partial charge in [0.15, 0.2) is 0 Å². The van der Waals surface area contributed by atoms with Crippen LogP contribution in [-0.4, -0.2) is 17.5 Å². The van der Waals surface area contributed by atoms with Crippen LogP contribution in [0.4, 0.5) is 9.18 Å². The van der Waals surface area contributed by atoms with Gasteiger partial charge < -0.3 is 14.6 Å². The van der Waals surface area contributed by atoms with E-state index in [9.17, 15) is 9.18 Å². The average Bonchev–Trinajstić information content (AvgIpc) is 2.94. The van der Waals surface area contributed by atoms with Crippen LogP contribution in [0.2, 0.25) is 0 Å². The third-order valence-electron chi connectivity index (χ3n) is 3.52. The normalized spacial score (nSPS) is 10.6. The smallest absolute Gasteiger partial charge is 0.318 e. The second-order valence-electron chi connectivity index (χ2n) is 5.58. The number of nitrogens with zero attached hydrogens (tertiary/aromatic N) is 1. The fourth-order valence-electron chi connectivity index (χ4n) is 2.25. The van der Waals surface area contributed by atoms with E-state index >= 15 is 0 Å². The zero-order valence-electron chi connectivity index (χ0n) is 13.6. The molecule has 1 aromatic heterocycles. The molecule has 0 radical (unpaired) electrons. The van der Waals surface area contributed by atoms with Crippen LogP contribution in [0.3, 0.4) is 0 Å². The lowest BCUT2D eigenvalue weighted by molar-refractivity contribution is 0.187. The second kappa shape index (κ2) is 8.36. The summed E-state index contributed by atoms with van der Waals surface area (Å²) in [4.78, 5) is 14.1. The maximum atomic E-state index is 13.0. The Balaban J connectivity index is 2.06. The molecule has 0 aliphatic rings. The van der Waals surface area contributed by atoms with E-state index in [2.05, 4.69) is 12.2 Å². The molecule has 2 aromatic rings. The molecule has 0 unspecified atom stereocenters. The molecule has 1 heterocycles. The molecule has 4 nitrogen and oxygen atoms in total. The van der Waals surface area contributed by atoms with Gasteiger partial charge in [0.25, 0.3) is 0 Å². The Morgan fingerprint density at radius 1 is 1.17 bits per heavy atom. The van der Waals surface area contributed by atoms with Crippen LogP contribution in [0.15, 0.2) is 40.8 Å². The summed E-state index contributed by atoms with van der Waals surface area (Å²) in [5.74, 6) is 1.26. The molecule has 0 aliphatic carbocycles. The van der Waals surface area contributed by atoms with Crippen molar-refractivity contribution < 1.29 is 13.6 Å². The summed E-state index contributed by atoms with van der Waals surface area (Å²) in [5, 5.41) is 2.91. The summed E-state index contributed by atoms with van der Waals surface area (Å²) in [6.45, 7) is 5.37. The van der Waals surface area contributed by atoms with Gasteiger partial charge in [0.1, 0.15) is 17.3 Å². The number of hydrogen-bond acceptors (Lipinski definition) is 2. The molecular weight excluding hydrogens is 295 g/mol. The van der Waals surface area contributed by atoms with Gasteiger partial charge in [-0.25, -0.2) is 9.18 Å². The third-order valence-corrected chi connectivity index (χ3v) is 3.52. The van der Waals surface area contributed by atoms with E-state index in [-0.39, 0.29) is 11.8 Å². The van der Waals surface area contributed by atoms with Crippen molar-refractivity contribution in [1.82, 2.24) is 10.2 Å². The van der Waals surface area contributed by atoms with Crippen LogP contribution in [0.25, 0.3) is 0 Å². The first-order valence-electron chi connectivity index (χ1n) is 7.91. The fourth-order valence-corrected chi connectivity index (χ4v) is 2.25. The monoisotopic (exact) mass is 318 g/mol. The molecule has 0 fully saturated rings. The van der Waals surface area contributed by atoms with Crippen LogP contribution in [0.1, 0.15) is 36.8 Å².